The largest absolute Gasteiger partial charge is 0.444 e. The maximum absolute atomic E-state index is 12.8. The SMILES string of the molecule is CC(C)(C)OC(=O)NCc1ncc(N)cc1C(F)(F)F. The number of alkyl carbamates (subject to hydrolysis) is 1. The third-order valence-electron chi connectivity index (χ3n) is 2.10. The highest BCUT2D eigenvalue weighted by atomic mass is 19.4. The minimum atomic E-state index is -4.59. The highest BCUT2D eigenvalue weighted by Crippen LogP contribution is 2.32. The van der Waals surface area contributed by atoms with Crippen molar-refractivity contribution in [3.05, 3.63) is 23.5 Å². The number of nitrogens with two attached hydrogens (primary N) is 1. The van der Waals surface area contributed by atoms with Gasteiger partial charge in [0.15, 0.2) is 0 Å². The number of nitrogen functional groups attached to an aromatic ring is 1. The molecule has 1 rings (SSSR count). The Morgan fingerprint density at radius 1 is 1.40 bits per heavy atom. The van der Waals surface area contributed by atoms with Gasteiger partial charge in [0.1, 0.15) is 5.60 Å². The fourth-order valence-electron chi connectivity index (χ4n) is 1.37. The van der Waals surface area contributed by atoms with Crippen LogP contribution in [0.2, 0.25) is 0 Å². The molecule has 112 valence electrons. The topological polar surface area (TPSA) is 77.2 Å². The number of amides is 1. The lowest BCUT2D eigenvalue weighted by Crippen LogP contribution is -2.32. The molecular weight excluding hydrogens is 275 g/mol. The predicted octanol–water partition coefficient (Wildman–Crippen LogP) is 2.71. The van der Waals surface area contributed by atoms with Gasteiger partial charge in [0.05, 0.1) is 29.7 Å². The van der Waals surface area contributed by atoms with Gasteiger partial charge in [-0.05, 0) is 26.8 Å². The van der Waals surface area contributed by atoms with Crippen LogP contribution in [0.25, 0.3) is 0 Å². The van der Waals surface area contributed by atoms with Crippen LogP contribution in [0.1, 0.15) is 32.0 Å². The molecule has 1 aromatic heterocycles. The standard InChI is InChI=1S/C12H16F3N3O2/c1-11(2,3)20-10(19)18-6-9-8(12(13,14)15)4-7(16)5-17-9/h4-5H,6,16H2,1-3H3,(H,18,19). The molecule has 1 amide bonds. The van der Waals surface area contributed by atoms with Crippen molar-refractivity contribution in [3.63, 3.8) is 0 Å². The van der Waals surface area contributed by atoms with E-state index in [1.54, 1.807) is 20.8 Å². The Morgan fingerprint density at radius 3 is 2.50 bits per heavy atom. The van der Waals surface area contributed by atoms with E-state index in [1.165, 1.54) is 0 Å². The van der Waals surface area contributed by atoms with Crippen LogP contribution in [-0.2, 0) is 17.5 Å². The Hall–Kier alpha value is -1.99. The third-order valence-corrected chi connectivity index (χ3v) is 2.10. The normalized spacial score (nSPS) is 12.1. The Kier molecular flexibility index (Phi) is 4.46. The van der Waals surface area contributed by atoms with Crippen LogP contribution in [0.3, 0.4) is 0 Å². The Balaban J connectivity index is 2.81. The lowest BCUT2D eigenvalue weighted by molar-refractivity contribution is -0.138. The molecule has 0 aromatic carbocycles. The lowest BCUT2D eigenvalue weighted by Gasteiger charge is -2.20. The van der Waals surface area contributed by atoms with Crippen LogP contribution in [0.4, 0.5) is 23.7 Å². The minimum Gasteiger partial charge on any atom is -0.444 e. The number of ether oxygens (including phenoxy) is 1. The van der Waals surface area contributed by atoms with Gasteiger partial charge >= 0.3 is 12.3 Å². The summed E-state index contributed by atoms with van der Waals surface area (Å²) >= 11 is 0. The summed E-state index contributed by atoms with van der Waals surface area (Å²) in [6, 6.07) is 0.777. The molecule has 0 radical (unpaired) electrons. The molecule has 5 nitrogen and oxygen atoms in total. The van der Waals surface area contributed by atoms with Crippen molar-refractivity contribution in [2.45, 2.75) is 39.1 Å². The molecule has 0 spiro atoms. The van der Waals surface area contributed by atoms with Gasteiger partial charge in [0, 0.05) is 0 Å². The van der Waals surface area contributed by atoms with Gasteiger partial charge in [0.25, 0.3) is 0 Å². The van der Waals surface area contributed by atoms with Crippen LogP contribution in [0, 0.1) is 0 Å². The average Bonchev–Trinajstić information content (AvgIpc) is 2.23. The molecular formula is C12H16F3N3O2. The van der Waals surface area contributed by atoms with Gasteiger partial charge in [-0.15, -0.1) is 0 Å². The molecule has 1 heterocycles. The van der Waals surface area contributed by atoms with Crippen molar-refractivity contribution in [2.24, 2.45) is 0 Å². The number of carbonyl (C=O) groups excluding carboxylic acids is 1. The summed E-state index contributed by atoms with van der Waals surface area (Å²) in [7, 11) is 0. The monoisotopic (exact) mass is 291 g/mol. The van der Waals surface area contributed by atoms with Crippen LogP contribution in [0.15, 0.2) is 12.3 Å². The first-order valence-electron chi connectivity index (χ1n) is 5.77. The van der Waals surface area contributed by atoms with Gasteiger partial charge in [0.2, 0.25) is 0 Å². The first kappa shape index (κ1) is 16.1. The lowest BCUT2D eigenvalue weighted by atomic mass is 10.1. The summed E-state index contributed by atoms with van der Waals surface area (Å²) in [5.74, 6) is 0. The molecule has 0 unspecified atom stereocenters. The molecule has 3 N–H and O–H groups in total. The zero-order chi connectivity index (χ0) is 15.6. The molecule has 0 atom stereocenters. The molecule has 8 heteroatoms. The first-order valence-corrected chi connectivity index (χ1v) is 5.77. The first-order chi connectivity index (χ1) is 8.99. The van der Waals surface area contributed by atoms with E-state index in [1.807, 2.05) is 0 Å². The smallest absolute Gasteiger partial charge is 0.418 e. The van der Waals surface area contributed by atoms with E-state index in [2.05, 4.69) is 10.3 Å². The Bertz CT molecular complexity index is 496. The number of aromatic nitrogens is 1. The number of hydrogen-bond acceptors (Lipinski definition) is 4. The molecule has 0 saturated carbocycles. The van der Waals surface area contributed by atoms with Crippen LogP contribution in [0.5, 0.6) is 0 Å². The van der Waals surface area contributed by atoms with E-state index >= 15 is 0 Å². The van der Waals surface area contributed by atoms with Gasteiger partial charge in [-0.25, -0.2) is 4.79 Å². The molecule has 1 aromatic rings. The summed E-state index contributed by atoms with van der Waals surface area (Å²) in [5, 5.41) is 2.22. The fourth-order valence-corrected chi connectivity index (χ4v) is 1.37. The molecule has 0 bridgehead atoms. The summed E-state index contributed by atoms with van der Waals surface area (Å²) < 4.78 is 43.3. The van der Waals surface area contributed by atoms with E-state index in [0.29, 0.717) is 0 Å². The van der Waals surface area contributed by atoms with Crippen molar-refractivity contribution in [2.75, 3.05) is 5.73 Å². The number of alkyl halides is 3. The second-order valence-electron chi connectivity index (χ2n) is 5.12. The van der Waals surface area contributed by atoms with Gasteiger partial charge < -0.3 is 15.8 Å². The quantitative estimate of drug-likeness (QED) is 0.878. The number of nitrogens with zero attached hydrogens (tertiary/aromatic N) is 1. The molecule has 0 fully saturated rings. The Labute approximate surface area is 114 Å². The number of pyridine rings is 1. The maximum Gasteiger partial charge on any atom is 0.418 e. The van der Waals surface area contributed by atoms with Gasteiger partial charge in [-0.1, -0.05) is 0 Å². The zero-order valence-electron chi connectivity index (χ0n) is 11.3. The number of halogens is 3. The second kappa shape index (κ2) is 5.56. The summed E-state index contributed by atoms with van der Waals surface area (Å²) in [6.07, 6.45) is -4.31. The summed E-state index contributed by atoms with van der Waals surface area (Å²) in [5.41, 5.74) is 3.16. The number of carbonyl (C=O) groups is 1. The highest BCUT2D eigenvalue weighted by Gasteiger charge is 2.34. The molecule has 20 heavy (non-hydrogen) atoms. The van der Waals surface area contributed by atoms with Crippen molar-refractivity contribution < 1.29 is 22.7 Å². The van der Waals surface area contributed by atoms with Crippen molar-refractivity contribution in [3.8, 4) is 0 Å². The summed E-state index contributed by atoms with van der Waals surface area (Å²) in [6.45, 7) is 4.55. The van der Waals surface area contributed by atoms with Gasteiger partial charge in [-0.3, -0.25) is 4.98 Å². The predicted molar refractivity (Wildman–Crippen MR) is 66.7 cm³/mol. The molecule has 0 aliphatic heterocycles. The Morgan fingerprint density at radius 2 is 2.00 bits per heavy atom. The van der Waals surface area contributed by atoms with E-state index in [9.17, 15) is 18.0 Å². The van der Waals surface area contributed by atoms with Crippen LogP contribution >= 0.6 is 0 Å². The van der Waals surface area contributed by atoms with Crippen molar-refractivity contribution in [1.29, 1.82) is 0 Å². The number of hydrogen-bond donors (Lipinski definition) is 2. The maximum atomic E-state index is 12.8. The van der Waals surface area contributed by atoms with Gasteiger partial charge in [-0.2, -0.15) is 13.2 Å². The van der Waals surface area contributed by atoms with E-state index in [-0.39, 0.29) is 11.4 Å². The molecule has 0 saturated heterocycles. The average molecular weight is 291 g/mol. The fraction of sp³-hybridized carbons (Fsp3) is 0.500. The van der Waals surface area contributed by atoms with E-state index in [4.69, 9.17) is 10.5 Å². The number of nitrogens with one attached hydrogen (secondary N) is 1. The van der Waals surface area contributed by atoms with Crippen molar-refractivity contribution in [1.82, 2.24) is 10.3 Å². The number of rotatable bonds is 2. The van der Waals surface area contributed by atoms with Crippen LogP contribution in [-0.4, -0.2) is 16.7 Å². The minimum absolute atomic E-state index is 0.0988. The second-order valence-corrected chi connectivity index (χ2v) is 5.12. The van der Waals surface area contributed by atoms with Crippen molar-refractivity contribution >= 4 is 11.8 Å². The number of anilines is 1. The highest BCUT2D eigenvalue weighted by molar-refractivity contribution is 5.67. The molecule has 0 aliphatic rings. The molecule has 0 aliphatic carbocycles. The van der Waals surface area contributed by atoms with Crippen LogP contribution < -0.4 is 11.1 Å². The third kappa shape index (κ3) is 4.94. The summed E-state index contributed by atoms with van der Waals surface area (Å²) in [4.78, 5) is 15.0. The van der Waals surface area contributed by atoms with E-state index in [0.717, 1.165) is 12.3 Å². The zero-order valence-corrected chi connectivity index (χ0v) is 11.3. The van der Waals surface area contributed by atoms with E-state index < -0.39 is 30.0 Å².